The van der Waals surface area contributed by atoms with Crippen LogP contribution < -0.4 is 10.6 Å². The van der Waals surface area contributed by atoms with Crippen LogP contribution in [0.15, 0.2) is 48.5 Å². The number of rotatable bonds is 7. The van der Waals surface area contributed by atoms with Crippen LogP contribution in [0.5, 0.6) is 0 Å². The molecule has 128 valence electrons. The third-order valence-electron chi connectivity index (χ3n) is 3.88. The molecule has 0 aliphatic rings. The first-order chi connectivity index (χ1) is 11.6. The fourth-order valence-corrected chi connectivity index (χ4v) is 2.55. The van der Waals surface area contributed by atoms with Gasteiger partial charge in [0.25, 0.3) is 0 Å². The van der Waals surface area contributed by atoms with E-state index in [0.717, 1.165) is 25.3 Å². The van der Waals surface area contributed by atoms with Crippen molar-refractivity contribution in [3.63, 3.8) is 0 Å². The minimum absolute atomic E-state index is 0.260. The molecule has 24 heavy (non-hydrogen) atoms. The van der Waals surface area contributed by atoms with Crippen molar-refractivity contribution in [3.05, 3.63) is 65.5 Å². The molecule has 2 aromatic rings. The third kappa shape index (κ3) is 5.91. The number of hydrogen-bond acceptors (Lipinski definition) is 2. The molecule has 2 N–H and O–H groups in total. The minimum Gasteiger partial charge on any atom is -0.358 e. The summed E-state index contributed by atoms with van der Waals surface area (Å²) in [6, 6.07) is 14.7. The zero-order valence-corrected chi connectivity index (χ0v) is 15.0. The largest absolute Gasteiger partial charge is 0.358 e. The molecule has 0 aliphatic heterocycles. The summed E-state index contributed by atoms with van der Waals surface area (Å²) in [5, 5.41) is 6.72. The molecule has 0 atom stereocenters. The lowest BCUT2D eigenvalue weighted by atomic mass is 10.1. The number of nitrogens with one attached hydrogen (secondary N) is 2. The Labute approximate surface area is 148 Å². The Bertz CT molecular complexity index is 637. The van der Waals surface area contributed by atoms with Gasteiger partial charge in [-0.05, 0) is 60.7 Å². The van der Waals surface area contributed by atoms with Crippen molar-refractivity contribution >= 4 is 23.0 Å². The van der Waals surface area contributed by atoms with Gasteiger partial charge in [0, 0.05) is 18.8 Å². The van der Waals surface area contributed by atoms with Gasteiger partial charge < -0.3 is 10.6 Å². The van der Waals surface area contributed by atoms with Gasteiger partial charge in [-0.3, -0.25) is 4.90 Å². The molecule has 0 fully saturated rings. The van der Waals surface area contributed by atoms with Crippen LogP contribution in [0.2, 0.25) is 0 Å². The van der Waals surface area contributed by atoms with Crippen LogP contribution >= 0.6 is 12.2 Å². The summed E-state index contributed by atoms with van der Waals surface area (Å²) in [6.45, 7) is 8.10. The average Bonchev–Trinajstić information content (AvgIpc) is 2.61. The van der Waals surface area contributed by atoms with Crippen molar-refractivity contribution in [2.45, 2.75) is 26.9 Å². The summed E-state index contributed by atoms with van der Waals surface area (Å²) in [4.78, 5) is 2.38. The SMILES string of the molecule is CCN(CC)Cc1ccc(CNC(=S)Nc2ccc(F)cc2)cc1. The molecule has 0 aliphatic carbocycles. The zero-order chi connectivity index (χ0) is 17.4. The first kappa shape index (κ1) is 18.4. The summed E-state index contributed by atoms with van der Waals surface area (Å²) in [5.41, 5.74) is 3.25. The van der Waals surface area contributed by atoms with Gasteiger partial charge in [-0.2, -0.15) is 0 Å². The normalized spacial score (nSPS) is 10.7. The summed E-state index contributed by atoms with van der Waals surface area (Å²) < 4.78 is 12.9. The molecule has 2 aromatic carbocycles. The summed E-state index contributed by atoms with van der Waals surface area (Å²) in [7, 11) is 0. The van der Waals surface area contributed by atoms with Crippen LogP contribution in [-0.4, -0.2) is 23.1 Å². The van der Waals surface area contributed by atoms with E-state index in [0.29, 0.717) is 11.7 Å². The number of halogens is 1. The van der Waals surface area contributed by atoms with Crippen LogP contribution in [0.25, 0.3) is 0 Å². The van der Waals surface area contributed by atoms with Gasteiger partial charge in [-0.1, -0.05) is 38.1 Å². The number of hydrogen-bond donors (Lipinski definition) is 2. The average molecular weight is 345 g/mol. The molecule has 3 nitrogen and oxygen atoms in total. The predicted molar refractivity (Wildman–Crippen MR) is 103 cm³/mol. The summed E-state index contributed by atoms with van der Waals surface area (Å²) in [5.74, 6) is -0.260. The second-order valence-electron chi connectivity index (χ2n) is 5.59. The van der Waals surface area contributed by atoms with Gasteiger partial charge in [-0.25, -0.2) is 4.39 Å². The molecule has 0 unspecified atom stereocenters. The van der Waals surface area contributed by atoms with E-state index in [9.17, 15) is 4.39 Å². The van der Waals surface area contributed by atoms with E-state index in [4.69, 9.17) is 12.2 Å². The van der Waals surface area contributed by atoms with Gasteiger partial charge >= 0.3 is 0 Å². The lowest BCUT2D eigenvalue weighted by Gasteiger charge is -2.18. The maximum atomic E-state index is 12.9. The van der Waals surface area contributed by atoms with E-state index in [-0.39, 0.29) is 5.82 Å². The zero-order valence-electron chi connectivity index (χ0n) is 14.2. The lowest BCUT2D eigenvalue weighted by molar-refractivity contribution is 0.296. The second kappa shape index (κ2) is 9.35. The molecule has 0 heterocycles. The van der Waals surface area contributed by atoms with Gasteiger partial charge in [0.15, 0.2) is 5.11 Å². The topological polar surface area (TPSA) is 27.3 Å². The van der Waals surface area contributed by atoms with E-state index in [2.05, 4.69) is 53.6 Å². The van der Waals surface area contributed by atoms with Crippen LogP contribution in [-0.2, 0) is 13.1 Å². The maximum absolute atomic E-state index is 12.9. The number of nitrogens with zero attached hydrogens (tertiary/aromatic N) is 1. The van der Waals surface area contributed by atoms with E-state index in [1.807, 2.05) is 0 Å². The molecular formula is C19H24FN3S. The number of benzene rings is 2. The van der Waals surface area contributed by atoms with Crippen molar-refractivity contribution in [2.24, 2.45) is 0 Å². The van der Waals surface area contributed by atoms with E-state index in [1.54, 1.807) is 12.1 Å². The molecule has 0 radical (unpaired) electrons. The Morgan fingerprint density at radius 1 is 0.958 bits per heavy atom. The fraction of sp³-hybridized carbons (Fsp3) is 0.316. The summed E-state index contributed by atoms with van der Waals surface area (Å²) in [6.07, 6.45) is 0. The highest BCUT2D eigenvalue weighted by Crippen LogP contribution is 2.09. The Kier molecular flexibility index (Phi) is 7.15. The number of anilines is 1. The first-order valence-electron chi connectivity index (χ1n) is 8.21. The highest BCUT2D eigenvalue weighted by Gasteiger charge is 2.02. The second-order valence-corrected chi connectivity index (χ2v) is 6.00. The van der Waals surface area contributed by atoms with Gasteiger partial charge in [-0.15, -0.1) is 0 Å². The van der Waals surface area contributed by atoms with Crippen LogP contribution in [0.4, 0.5) is 10.1 Å². The smallest absolute Gasteiger partial charge is 0.171 e. The molecule has 0 amide bonds. The monoisotopic (exact) mass is 345 g/mol. The fourth-order valence-electron chi connectivity index (χ4n) is 2.36. The Hall–Kier alpha value is -1.98. The van der Waals surface area contributed by atoms with Crippen LogP contribution in [0.3, 0.4) is 0 Å². The van der Waals surface area contributed by atoms with Gasteiger partial charge in [0.2, 0.25) is 0 Å². The Morgan fingerprint density at radius 3 is 2.12 bits per heavy atom. The molecule has 5 heteroatoms. The standard InChI is InChI=1S/C19H24FN3S/c1-3-23(4-2)14-16-7-5-15(6-8-16)13-21-19(24)22-18-11-9-17(20)10-12-18/h5-12H,3-4,13-14H2,1-2H3,(H2,21,22,24). The molecule has 2 rings (SSSR count). The van der Waals surface area contributed by atoms with Crippen molar-refractivity contribution in [2.75, 3.05) is 18.4 Å². The van der Waals surface area contributed by atoms with E-state index >= 15 is 0 Å². The highest BCUT2D eigenvalue weighted by atomic mass is 32.1. The van der Waals surface area contributed by atoms with Crippen molar-refractivity contribution < 1.29 is 4.39 Å². The molecule has 0 bridgehead atoms. The van der Waals surface area contributed by atoms with Crippen molar-refractivity contribution in [1.82, 2.24) is 10.2 Å². The highest BCUT2D eigenvalue weighted by molar-refractivity contribution is 7.80. The molecule has 0 saturated heterocycles. The predicted octanol–water partition coefficient (Wildman–Crippen LogP) is 4.15. The number of thiocarbonyl (C=S) groups is 1. The first-order valence-corrected chi connectivity index (χ1v) is 8.62. The van der Waals surface area contributed by atoms with Crippen molar-refractivity contribution in [3.8, 4) is 0 Å². The lowest BCUT2D eigenvalue weighted by Crippen LogP contribution is -2.27. The van der Waals surface area contributed by atoms with Gasteiger partial charge in [0.1, 0.15) is 5.82 Å². The molecule has 0 spiro atoms. The quantitative estimate of drug-likeness (QED) is 0.737. The molecular weight excluding hydrogens is 321 g/mol. The Morgan fingerprint density at radius 2 is 1.54 bits per heavy atom. The maximum Gasteiger partial charge on any atom is 0.171 e. The Balaban J connectivity index is 1.81. The van der Waals surface area contributed by atoms with Crippen molar-refractivity contribution in [1.29, 1.82) is 0 Å². The minimum atomic E-state index is -0.260. The van der Waals surface area contributed by atoms with Crippen LogP contribution in [0, 0.1) is 5.82 Å². The third-order valence-corrected chi connectivity index (χ3v) is 4.13. The molecule has 0 saturated carbocycles. The van der Waals surface area contributed by atoms with E-state index in [1.165, 1.54) is 23.3 Å². The van der Waals surface area contributed by atoms with Gasteiger partial charge in [0.05, 0.1) is 0 Å². The summed E-state index contributed by atoms with van der Waals surface area (Å²) >= 11 is 5.26. The van der Waals surface area contributed by atoms with Crippen LogP contribution in [0.1, 0.15) is 25.0 Å². The molecule has 0 aromatic heterocycles. The van der Waals surface area contributed by atoms with E-state index < -0.39 is 0 Å².